The van der Waals surface area contributed by atoms with E-state index in [9.17, 15) is 19.0 Å². The van der Waals surface area contributed by atoms with Gasteiger partial charge in [-0.1, -0.05) is 243 Å². The van der Waals surface area contributed by atoms with Gasteiger partial charge in [-0.25, -0.2) is 0 Å². The second-order valence-corrected chi connectivity index (χ2v) is 23.6. The van der Waals surface area contributed by atoms with Crippen LogP contribution in [0.3, 0.4) is 0 Å². The lowest BCUT2D eigenvalue weighted by Gasteiger charge is -2.30. The first-order valence-corrected chi connectivity index (χ1v) is 32.4. The topological polar surface area (TPSA) is 114 Å². The Morgan fingerprint density at radius 2 is 0.849 bits per heavy atom. The SMILES string of the molecule is CCCC/C=C\CCCCCCCC(=O)NC(COP(=O)([O-])OCC[N+](C)(C)C)C(/C=C\CCCCCCCCCCC)OC(=O)CCCCCCCCCCCCCCCCC/C=C\C/C=C\CCCCC. The molecule has 73 heavy (non-hydrogen) atoms. The van der Waals surface area contributed by atoms with Gasteiger partial charge in [0.1, 0.15) is 19.3 Å². The number of rotatable bonds is 56. The number of esters is 1. The molecular formula is C63H119N2O7P. The summed E-state index contributed by atoms with van der Waals surface area (Å²) in [6.07, 6.45) is 65.2. The van der Waals surface area contributed by atoms with Crippen LogP contribution in [0.15, 0.2) is 48.6 Å². The van der Waals surface area contributed by atoms with Crippen molar-refractivity contribution in [1.82, 2.24) is 5.32 Å². The van der Waals surface area contributed by atoms with Crippen LogP contribution in [0.25, 0.3) is 0 Å². The summed E-state index contributed by atoms with van der Waals surface area (Å²) in [6, 6.07) is -0.889. The third-order valence-electron chi connectivity index (χ3n) is 13.7. The summed E-state index contributed by atoms with van der Waals surface area (Å²) < 4.78 is 30.2. The predicted molar refractivity (Wildman–Crippen MR) is 312 cm³/mol. The van der Waals surface area contributed by atoms with Gasteiger partial charge in [-0.05, 0) is 83.1 Å². The summed E-state index contributed by atoms with van der Waals surface area (Å²) in [5.41, 5.74) is 0. The highest BCUT2D eigenvalue weighted by molar-refractivity contribution is 7.45. The van der Waals surface area contributed by atoms with Crippen molar-refractivity contribution in [3.63, 3.8) is 0 Å². The number of hydrogen-bond donors (Lipinski definition) is 1. The van der Waals surface area contributed by atoms with Gasteiger partial charge in [0.2, 0.25) is 5.91 Å². The van der Waals surface area contributed by atoms with Crippen molar-refractivity contribution in [3.05, 3.63) is 48.6 Å². The number of phosphoric acid groups is 1. The Balaban J connectivity index is 5.02. The maximum Gasteiger partial charge on any atom is 0.306 e. The van der Waals surface area contributed by atoms with Crippen molar-refractivity contribution in [1.29, 1.82) is 0 Å². The summed E-state index contributed by atoms with van der Waals surface area (Å²) in [6.45, 7) is 6.78. The number of nitrogens with one attached hydrogen (secondary N) is 1. The molecule has 0 bridgehead atoms. The molecule has 0 fully saturated rings. The van der Waals surface area contributed by atoms with E-state index in [-0.39, 0.29) is 31.5 Å². The van der Waals surface area contributed by atoms with Gasteiger partial charge in [0.05, 0.1) is 33.8 Å². The van der Waals surface area contributed by atoms with Crippen LogP contribution >= 0.6 is 7.82 Å². The minimum atomic E-state index is -4.69. The molecule has 0 aromatic heterocycles. The normalized spacial score (nSPS) is 14.0. The highest BCUT2D eigenvalue weighted by Crippen LogP contribution is 2.38. The van der Waals surface area contributed by atoms with E-state index in [1.165, 1.54) is 167 Å². The largest absolute Gasteiger partial charge is 0.756 e. The quantitative estimate of drug-likeness (QED) is 0.0212. The van der Waals surface area contributed by atoms with E-state index in [1.807, 2.05) is 33.3 Å². The molecule has 0 radical (unpaired) electrons. The molecule has 0 aliphatic rings. The predicted octanol–water partition coefficient (Wildman–Crippen LogP) is 18.3. The van der Waals surface area contributed by atoms with E-state index >= 15 is 0 Å². The molecule has 0 spiro atoms. The van der Waals surface area contributed by atoms with Crippen molar-refractivity contribution >= 4 is 19.7 Å². The van der Waals surface area contributed by atoms with Crippen LogP contribution in [0.4, 0.5) is 0 Å². The number of likely N-dealkylation sites (N-methyl/N-ethyl adjacent to an activating group) is 1. The number of carbonyl (C=O) groups is 2. The fourth-order valence-electron chi connectivity index (χ4n) is 8.89. The zero-order valence-electron chi connectivity index (χ0n) is 48.8. The van der Waals surface area contributed by atoms with Gasteiger partial charge in [0, 0.05) is 12.8 Å². The highest BCUT2D eigenvalue weighted by Gasteiger charge is 2.27. The Morgan fingerprint density at radius 3 is 1.32 bits per heavy atom. The third-order valence-corrected chi connectivity index (χ3v) is 14.7. The van der Waals surface area contributed by atoms with Crippen LogP contribution in [0.2, 0.25) is 0 Å². The molecule has 3 unspecified atom stereocenters. The molecule has 0 saturated heterocycles. The zero-order chi connectivity index (χ0) is 53.6. The Morgan fingerprint density at radius 1 is 0.479 bits per heavy atom. The lowest BCUT2D eigenvalue weighted by molar-refractivity contribution is -0.870. The maximum absolute atomic E-state index is 13.4. The zero-order valence-corrected chi connectivity index (χ0v) is 49.7. The third kappa shape index (κ3) is 54.6. The van der Waals surface area contributed by atoms with Crippen LogP contribution in [-0.2, 0) is 27.9 Å². The Bertz CT molecular complexity index is 1390. The Labute approximate surface area is 452 Å². The molecule has 0 heterocycles. The molecule has 0 saturated carbocycles. The van der Waals surface area contributed by atoms with E-state index in [1.54, 1.807) is 0 Å². The average molecular weight is 1050 g/mol. The molecular weight excluding hydrogens is 928 g/mol. The van der Waals surface area contributed by atoms with Crippen molar-refractivity contribution < 1.29 is 37.3 Å². The van der Waals surface area contributed by atoms with Gasteiger partial charge in [-0.3, -0.25) is 14.2 Å². The van der Waals surface area contributed by atoms with Crippen LogP contribution in [0, 0.1) is 0 Å². The number of ether oxygens (including phenoxy) is 1. The van der Waals surface area contributed by atoms with E-state index < -0.39 is 20.0 Å². The molecule has 1 amide bonds. The Hall–Kier alpha value is -2.03. The lowest BCUT2D eigenvalue weighted by atomic mass is 10.0. The monoisotopic (exact) mass is 1050 g/mol. The minimum Gasteiger partial charge on any atom is -0.756 e. The molecule has 0 aromatic rings. The second kappa shape index (κ2) is 53.4. The summed E-state index contributed by atoms with van der Waals surface area (Å²) >= 11 is 0. The van der Waals surface area contributed by atoms with Gasteiger partial charge >= 0.3 is 5.97 Å². The van der Waals surface area contributed by atoms with Gasteiger partial charge in [0.15, 0.2) is 0 Å². The van der Waals surface area contributed by atoms with E-state index in [0.29, 0.717) is 17.4 Å². The number of quaternary nitrogens is 1. The Kier molecular flexibility index (Phi) is 51.9. The summed E-state index contributed by atoms with van der Waals surface area (Å²) in [5, 5.41) is 3.01. The number of phosphoric ester groups is 1. The number of hydrogen-bond acceptors (Lipinski definition) is 7. The van der Waals surface area contributed by atoms with E-state index in [4.69, 9.17) is 13.8 Å². The fourth-order valence-corrected chi connectivity index (χ4v) is 9.61. The smallest absolute Gasteiger partial charge is 0.306 e. The molecule has 428 valence electrons. The molecule has 1 N–H and O–H groups in total. The maximum atomic E-state index is 13.4. The first-order valence-electron chi connectivity index (χ1n) is 30.9. The average Bonchev–Trinajstić information content (AvgIpc) is 3.35. The molecule has 0 aliphatic carbocycles. The van der Waals surface area contributed by atoms with Crippen molar-refractivity contribution in [2.45, 2.75) is 303 Å². The standard InChI is InChI=1S/C63H119N2O7P/c1-7-10-13-16-19-22-25-26-27-28-29-30-31-32-33-34-35-36-37-38-41-44-47-50-53-56-63(67)72-61(54-51-48-45-42-39-23-20-17-14-11-8-2)60(59-71-73(68,69)70-58-57-65(4,5)6)64-62(66)55-52-49-46-43-40-24-21-18-15-12-9-3/h18-19,21-22,26-27,51,54,60-61H,7-17,20,23-25,28-50,52-53,55-59H2,1-6H3,(H-,64,66,68,69)/b21-18-,22-19-,27-26-,54-51-. The molecule has 0 aliphatic heterocycles. The van der Waals surface area contributed by atoms with Gasteiger partial charge < -0.3 is 28.5 Å². The molecule has 10 heteroatoms. The van der Waals surface area contributed by atoms with E-state index in [2.05, 4.69) is 62.5 Å². The van der Waals surface area contributed by atoms with Gasteiger partial charge in [-0.15, -0.1) is 0 Å². The molecule has 0 aromatic carbocycles. The number of carbonyl (C=O) groups excluding carboxylic acids is 2. The van der Waals surface area contributed by atoms with E-state index in [0.717, 1.165) is 89.9 Å². The molecule has 9 nitrogen and oxygen atoms in total. The molecule has 0 rings (SSSR count). The second-order valence-electron chi connectivity index (χ2n) is 22.2. The van der Waals surface area contributed by atoms with Crippen molar-refractivity contribution in [2.24, 2.45) is 0 Å². The first kappa shape index (κ1) is 71.0. The van der Waals surface area contributed by atoms with Crippen LogP contribution in [-0.4, -0.2) is 69.4 Å². The first-order chi connectivity index (χ1) is 35.4. The van der Waals surface area contributed by atoms with Crippen LogP contribution in [0.1, 0.15) is 290 Å². The molecule has 3 atom stereocenters. The van der Waals surface area contributed by atoms with Gasteiger partial charge in [-0.2, -0.15) is 0 Å². The van der Waals surface area contributed by atoms with Crippen molar-refractivity contribution in [2.75, 3.05) is 40.9 Å². The fraction of sp³-hybridized carbons (Fsp3) is 0.841. The number of amides is 1. The lowest BCUT2D eigenvalue weighted by Crippen LogP contribution is -2.47. The summed E-state index contributed by atoms with van der Waals surface area (Å²) in [7, 11) is 1.18. The highest BCUT2D eigenvalue weighted by atomic mass is 31.2. The van der Waals surface area contributed by atoms with Crippen LogP contribution in [0.5, 0.6) is 0 Å². The number of allylic oxidation sites excluding steroid dienone is 7. The van der Waals surface area contributed by atoms with Gasteiger partial charge in [0.25, 0.3) is 7.82 Å². The van der Waals surface area contributed by atoms with Crippen LogP contribution < -0.4 is 10.2 Å². The number of nitrogens with zero attached hydrogens (tertiary/aromatic N) is 1. The number of unbranched alkanes of at least 4 members (excludes halogenated alkanes) is 34. The minimum absolute atomic E-state index is 0.0231. The van der Waals surface area contributed by atoms with Crippen molar-refractivity contribution in [3.8, 4) is 0 Å². The summed E-state index contributed by atoms with van der Waals surface area (Å²) in [5.74, 6) is -0.546. The summed E-state index contributed by atoms with van der Waals surface area (Å²) in [4.78, 5) is 39.8.